The molecule has 2 aromatic rings. The van der Waals surface area contributed by atoms with Gasteiger partial charge in [0.25, 0.3) is 0 Å². The van der Waals surface area contributed by atoms with Crippen molar-refractivity contribution in [2.75, 3.05) is 13.2 Å². The van der Waals surface area contributed by atoms with Crippen molar-refractivity contribution in [1.29, 1.82) is 0 Å². The summed E-state index contributed by atoms with van der Waals surface area (Å²) in [6.45, 7) is 9.57. The van der Waals surface area contributed by atoms with Crippen molar-refractivity contribution in [3.8, 4) is 0 Å². The summed E-state index contributed by atoms with van der Waals surface area (Å²) in [5, 5.41) is 4.48. The Morgan fingerprint density at radius 3 is 2.90 bits per heavy atom. The molecule has 1 aliphatic rings. The van der Waals surface area contributed by atoms with Gasteiger partial charge in [0.1, 0.15) is 11.3 Å². The van der Waals surface area contributed by atoms with Crippen LogP contribution in [0.25, 0.3) is 11.2 Å². The summed E-state index contributed by atoms with van der Waals surface area (Å²) >= 11 is 6.36. The predicted molar refractivity (Wildman–Crippen MR) is 83.7 cm³/mol. The molecule has 3 rings (SSSR count). The molecule has 5 nitrogen and oxygen atoms in total. The molecule has 0 N–H and O–H groups in total. The van der Waals surface area contributed by atoms with E-state index in [9.17, 15) is 0 Å². The fraction of sp³-hybridized carbons (Fsp3) is 0.733. The predicted octanol–water partition coefficient (Wildman–Crippen LogP) is 3.29. The van der Waals surface area contributed by atoms with Crippen molar-refractivity contribution >= 4 is 22.8 Å². The van der Waals surface area contributed by atoms with Crippen LogP contribution in [-0.2, 0) is 17.8 Å². The van der Waals surface area contributed by atoms with Gasteiger partial charge in [0.15, 0.2) is 5.65 Å². The average molecular weight is 311 g/mol. The highest BCUT2D eigenvalue weighted by atomic mass is 35.5. The molecule has 0 amide bonds. The number of aryl methyl sites for hydroxylation is 2. The lowest BCUT2D eigenvalue weighted by atomic mass is 10.0. The van der Waals surface area contributed by atoms with Crippen molar-refractivity contribution in [2.24, 2.45) is 5.92 Å². The molecule has 21 heavy (non-hydrogen) atoms. The lowest BCUT2D eigenvalue weighted by Gasteiger charge is -2.24. The summed E-state index contributed by atoms with van der Waals surface area (Å²) in [7, 11) is 0. The highest BCUT2D eigenvalue weighted by molar-refractivity contribution is 6.20. The number of rotatable bonds is 4. The Morgan fingerprint density at radius 2 is 2.29 bits per heavy atom. The second-order valence-electron chi connectivity index (χ2n) is 5.85. The van der Waals surface area contributed by atoms with Crippen LogP contribution in [0.15, 0.2) is 0 Å². The van der Waals surface area contributed by atoms with Crippen LogP contribution in [0.2, 0.25) is 0 Å². The molecule has 2 atom stereocenters. The summed E-state index contributed by atoms with van der Waals surface area (Å²) in [4.78, 5) is 4.75. The molecule has 3 heterocycles. The summed E-state index contributed by atoms with van der Waals surface area (Å²) in [5.74, 6) is 1.48. The van der Waals surface area contributed by atoms with E-state index in [1.54, 1.807) is 0 Å². The lowest BCUT2D eigenvalue weighted by Crippen LogP contribution is -2.23. The van der Waals surface area contributed by atoms with Crippen LogP contribution in [0.1, 0.15) is 43.6 Å². The van der Waals surface area contributed by atoms with Crippen molar-refractivity contribution in [3.63, 3.8) is 0 Å². The van der Waals surface area contributed by atoms with Crippen molar-refractivity contribution in [1.82, 2.24) is 19.3 Å². The average Bonchev–Trinajstić information content (AvgIpc) is 2.99. The van der Waals surface area contributed by atoms with Crippen LogP contribution in [0.5, 0.6) is 0 Å². The molecule has 116 valence electrons. The van der Waals surface area contributed by atoms with E-state index in [1.165, 1.54) is 6.42 Å². The maximum absolute atomic E-state index is 6.36. The van der Waals surface area contributed by atoms with Gasteiger partial charge in [-0.05, 0) is 33.6 Å². The maximum Gasteiger partial charge on any atom is 0.158 e. The number of fused-ring (bicyclic) bond motifs is 1. The van der Waals surface area contributed by atoms with Gasteiger partial charge in [-0.25, -0.2) is 9.67 Å². The van der Waals surface area contributed by atoms with Gasteiger partial charge in [-0.1, -0.05) is 0 Å². The number of alkyl halides is 1. The number of aromatic nitrogens is 4. The number of nitrogens with zero attached hydrogens (tertiary/aromatic N) is 4. The lowest BCUT2D eigenvalue weighted by molar-refractivity contribution is 0.0483. The first kappa shape index (κ1) is 14.9. The van der Waals surface area contributed by atoms with Gasteiger partial charge in [0.2, 0.25) is 0 Å². The van der Waals surface area contributed by atoms with Gasteiger partial charge in [-0.2, -0.15) is 5.10 Å². The maximum atomic E-state index is 6.36. The van der Waals surface area contributed by atoms with Gasteiger partial charge in [0, 0.05) is 25.6 Å². The van der Waals surface area contributed by atoms with E-state index in [0.717, 1.165) is 55.4 Å². The van der Waals surface area contributed by atoms with Gasteiger partial charge < -0.3 is 9.30 Å². The van der Waals surface area contributed by atoms with E-state index in [4.69, 9.17) is 21.3 Å². The van der Waals surface area contributed by atoms with Crippen LogP contribution >= 0.6 is 11.6 Å². The zero-order valence-corrected chi connectivity index (χ0v) is 13.7. The molecular formula is C15H23ClN4O. The Morgan fingerprint density at radius 1 is 1.48 bits per heavy atom. The fourth-order valence-electron chi connectivity index (χ4n) is 3.16. The third kappa shape index (κ3) is 2.69. The number of ether oxygens (including phenoxy) is 1. The molecule has 0 aromatic carbocycles. The number of hydrogen-bond donors (Lipinski definition) is 0. The van der Waals surface area contributed by atoms with E-state index in [-0.39, 0.29) is 5.38 Å². The third-order valence-corrected chi connectivity index (χ3v) is 4.37. The Hall–Kier alpha value is -1.07. The van der Waals surface area contributed by atoms with Gasteiger partial charge in [-0.15, -0.1) is 11.6 Å². The van der Waals surface area contributed by atoms with E-state index < -0.39 is 0 Å². The van der Waals surface area contributed by atoms with Crippen molar-refractivity contribution < 1.29 is 4.74 Å². The first-order valence-corrected chi connectivity index (χ1v) is 8.20. The van der Waals surface area contributed by atoms with Crippen LogP contribution in [-0.4, -0.2) is 32.5 Å². The highest BCUT2D eigenvalue weighted by Crippen LogP contribution is 2.28. The topological polar surface area (TPSA) is 44.9 Å². The summed E-state index contributed by atoms with van der Waals surface area (Å²) in [6, 6.07) is 0. The Kier molecular flexibility index (Phi) is 4.22. The second kappa shape index (κ2) is 5.97. The molecule has 0 bridgehead atoms. The Bertz CT molecular complexity index is 625. The smallest absolute Gasteiger partial charge is 0.158 e. The molecule has 1 fully saturated rings. The molecule has 1 aliphatic heterocycles. The highest BCUT2D eigenvalue weighted by Gasteiger charge is 2.24. The summed E-state index contributed by atoms with van der Waals surface area (Å²) in [5.41, 5.74) is 3.06. The molecule has 0 aliphatic carbocycles. The first-order valence-electron chi connectivity index (χ1n) is 7.77. The zero-order chi connectivity index (χ0) is 15.0. The standard InChI is InChI=1S/C15H23ClN4O/c1-4-20-15-13(11(3)18-20)17-14(10(2)16)19(15)8-12-6-5-7-21-9-12/h10,12H,4-9H2,1-3H3. The van der Waals surface area contributed by atoms with Crippen molar-refractivity contribution in [2.45, 2.75) is 52.1 Å². The monoisotopic (exact) mass is 310 g/mol. The molecule has 1 saturated heterocycles. The minimum Gasteiger partial charge on any atom is -0.381 e. The van der Waals surface area contributed by atoms with E-state index in [0.29, 0.717) is 5.92 Å². The van der Waals surface area contributed by atoms with Crippen LogP contribution in [0.4, 0.5) is 0 Å². The Labute approximate surface area is 130 Å². The van der Waals surface area contributed by atoms with Crippen molar-refractivity contribution in [3.05, 3.63) is 11.5 Å². The Balaban J connectivity index is 2.05. The zero-order valence-electron chi connectivity index (χ0n) is 13.0. The normalized spacial score (nSPS) is 21.0. The largest absolute Gasteiger partial charge is 0.381 e. The summed E-state index contributed by atoms with van der Waals surface area (Å²) < 4.78 is 9.91. The van der Waals surface area contributed by atoms with Gasteiger partial charge in [-0.3, -0.25) is 0 Å². The summed E-state index contributed by atoms with van der Waals surface area (Å²) in [6.07, 6.45) is 2.34. The van der Waals surface area contributed by atoms with Crippen LogP contribution in [0, 0.1) is 12.8 Å². The number of halogens is 1. The number of hydrogen-bond acceptors (Lipinski definition) is 3. The molecule has 0 radical (unpaired) electrons. The minimum atomic E-state index is -0.105. The SMILES string of the molecule is CCn1nc(C)c2nc(C(C)Cl)n(CC3CCCOC3)c21. The van der Waals surface area contributed by atoms with E-state index in [2.05, 4.69) is 16.6 Å². The quantitative estimate of drug-likeness (QED) is 0.814. The second-order valence-corrected chi connectivity index (χ2v) is 6.51. The van der Waals surface area contributed by atoms with Gasteiger partial charge >= 0.3 is 0 Å². The molecule has 0 saturated carbocycles. The molecule has 6 heteroatoms. The van der Waals surface area contributed by atoms with Crippen LogP contribution < -0.4 is 0 Å². The number of imidazole rings is 1. The molecule has 0 spiro atoms. The fourth-order valence-corrected chi connectivity index (χ4v) is 3.32. The first-order chi connectivity index (χ1) is 10.1. The van der Waals surface area contributed by atoms with Crippen LogP contribution in [0.3, 0.4) is 0 Å². The molecule has 2 unspecified atom stereocenters. The molecule has 2 aromatic heterocycles. The van der Waals surface area contributed by atoms with E-state index in [1.807, 2.05) is 18.5 Å². The third-order valence-electron chi connectivity index (χ3n) is 4.18. The molecular weight excluding hydrogens is 288 g/mol. The minimum absolute atomic E-state index is 0.105. The van der Waals surface area contributed by atoms with Gasteiger partial charge in [0.05, 0.1) is 17.7 Å². The van der Waals surface area contributed by atoms with E-state index >= 15 is 0 Å².